The maximum atomic E-state index is 15.0. The third kappa shape index (κ3) is 3.98. The number of carbonyl (C=O) groups excluding carboxylic acids is 1. The van der Waals surface area contributed by atoms with E-state index in [2.05, 4.69) is 4.74 Å². The van der Waals surface area contributed by atoms with Gasteiger partial charge in [0.25, 0.3) is 0 Å². The van der Waals surface area contributed by atoms with Crippen LogP contribution in [0.5, 0.6) is 0 Å². The largest absolute Gasteiger partial charge is 0.465 e. The summed E-state index contributed by atoms with van der Waals surface area (Å²) >= 11 is 0. The smallest absolute Gasteiger partial charge is 0.343 e. The molecule has 1 saturated heterocycles. The first kappa shape index (κ1) is 21.2. The number of anilines is 1. The van der Waals surface area contributed by atoms with Crippen LogP contribution in [0.1, 0.15) is 17.3 Å². The summed E-state index contributed by atoms with van der Waals surface area (Å²) in [5.41, 5.74) is 0.370. The van der Waals surface area contributed by atoms with E-state index in [9.17, 15) is 14.0 Å². The number of nitrogens with zero attached hydrogens (tertiary/aromatic N) is 3. The molecule has 158 valence electrons. The van der Waals surface area contributed by atoms with Crippen LogP contribution >= 0.6 is 0 Å². The molecule has 9 heteroatoms. The second-order valence-corrected chi connectivity index (χ2v) is 6.77. The molecule has 1 aliphatic heterocycles. The molecule has 0 atom stereocenters. The average Bonchev–Trinajstić information content (AvgIpc) is 2.75. The van der Waals surface area contributed by atoms with Crippen LogP contribution in [0, 0.1) is 5.82 Å². The number of pyridine rings is 1. The maximum Gasteiger partial charge on any atom is 0.343 e. The molecule has 0 unspecified atom stereocenters. The standard InChI is InChI=1S/C20H26FN3O5/c1-5-22-12-14(19(26)27-2)18(25)13-10-15(21)17(11-16(13)22)23-6-8-24(9-7-23)20(28-3)29-4/h10-12,20H,5-9H2,1-4H3. The summed E-state index contributed by atoms with van der Waals surface area (Å²) in [7, 11) is 4.37. The molecule has 0 amide bonds. The first-order valence-electron chi connectivity index (χ1n) is 9.44. The van der Waals surface area contributed by atoms with Crippen molar-refractivity contribution in [3.05, 3.63) is 39.9 Å². The lowest BCUT2D eigenvalue weighted by Gasteiger charge is -2.38. The molecule has 29 heavy (non-hydrogen) atoms. The van der Waals surface area contributed by atoms with Crippen LogP contribution in [0.2, 0.25) is 0 Å². The fourth-order valence-electron chi connectivity index (χ4n) is 3.73. The Morgan fingerprint density at radius 2 is 1.79 bits per heavy atom. The normalized spacial score (nSPS) is 15.3. The lowest BCUT2D eigenvalue weighted by atomic mass is 10.1. The third-order valence-corrected chi connectivity index (χ3v) is 5.25. The van der Waals surface area contributed by atoms with E-state index in [4.69, 9.17) is 9.47 Å². The summed E-state index contributed by atoms with van der Waals surface area (Å²) in [6, 6.07) is 2.89. The number of aryl methyl sites for hydroxylation is 1. The Morgan fingerprint density at radius 3 is 2.34 bits per heavy atom. The van der Waals surface area contributed by atoms with Crippen molar-refractivity contribution >= 4 is 22.6 Å². The van der Waals surface area contributed by atoms with Gasteiger partial charge in [-0.3, -0.25) is 9.69 Å². The number of carbonyl (C=O) groups is 1. The zero-order valence-electron chi connectivity index (χ0n) is 17.1. The fourth-order valence-corrected chi connectivity index (χ4v) is 3.73. The number of halogens is 1. The highest BCUT2D eigenvalue weighted by atomic mass is 19.1. The number of rotatable bonds is 6. The number of piperazine rings is 1. The van der Waals surface area contributed by atoms with E-state index in [-0.39, 0.29) is 10.9 Å². The van der Waals surface area contributed by atoms with E-state index in [1.807, 2.05) is 16.7 Å². The highest BCUT2D eigenvalue weighted by molar-refractivity contribution is 5.94. The van der Waals surface area contributed by atoms with Crippen molar-refractivity contribution in [1.29, 1.82) is 0 Å². The number of methoxy groups -OCH3 is 3. The predicted octanol–water partition coefficient (Wildman–Crippen LogP) is 1.65. The van der Waals surface area contributed by atoms with Gasteiger partial charge in [0.1, 0.15) is 11.4 Å². The number of esters is 1. The molecule has 8 nitrogen and oxygen atoms in total. The summed E-state index contributed by atoms with van der Waals surface area (Å²) in [4.78, 5) is 28.6. The molecule has 0 saturated carbocycles. The van der Waals surface area contributed by atoms with Crippen molar-refractivity contribution < 1.29 is 23.4 Å². The Balaban J connectivity index is 1.98. The maximum absolute atomic E-state index is 15.0. The molecule has 0 radical (unpaired) electrons. The number of hydrogen-bond donors (Lipinski definition) is 0. The molecular formula is C20H26FN3O5. The van der Waals surface area contributed by atoms with Gasteiger partial charge in [0, 0.05) is 58.5 Å². The van der Waals surface area contributed by atoms with E-state index in [1.165, 1.54) is 19.4 Å². The highest BCUT2D eigenvalue weighted by Gasteiger charge is 2.26. The van der Waals surface area contributed by atoms with Gasteiger partial charge in [0.2, 0.25) is 11.8 Å². The van der Waals surface area contributed by atoms with Crippen LogP contribution in [-0.4, -0.2) is 69.4 Å². The molecule has 2 heterocycles. The minimum absolute atomic E-state index is 0.104. The van der Waals surface area contributed by atoms with Crippen LogP contribution in [-0.2, 0) is 20.8 Å². The summed E-state index contributed by atoms with van der Waals surface area (Å²) in [5, 5.41) is 0.161. The van der Waals surface area contributed by atoms with Crippen molar-refractivity contribution in [2.24, 2.45) is 0 Å². The Kier molecular flexibility index (Phi) is 6.51. The molecular weight excluding hydrogens is 381 g/mol. The minimum atomic E-state index is -0.731. The van der Waals surface area contributed by atoms with E-state index < -0.39 is 23.6 Å². The van der Waals surface area contributed by atoms with Crippen LogP contribution in [0.4, 0.5) is 10.1 Å². The number of benzene rings is 1. The highest BCUT2D eigenvalue weighted by Crippen LogP contribution is 2.26. The fraction of sp³-hybridized carbons (Fsp3) is 0.500. The Labute approximate surface area is 168 Å². The topological polar surface area (TPSA) is 73.2 Å². The van der Waals surface area contributed by atoms with Gasteiger partial charge in [0.05, 0.1) is 18.3 Å². The van der Waals surface area contributed by atoms with Gasteiger partial charge >= 0.3 is 5.97 Å². The number of hydrogen-bond acceptors (Lipinski definition) is 7. The summed E-state index contributed by atoms with van der Waals surface area (Å²) in [6.07, 6.45) is 1.04. The Morgan fingerprint density at radius 1 is 1.14 bits per heavy atom. The van der Waals surface area contributed by atoms with Gasteiger partial charge in [-0.1, -0.05) is 0 Å². The number of ether oxygens (including phenoxy) is 3. The van der Waals surface area contributed by atoms with Crippen molar-refractivity contribution in [1.82, 2.24) is 9.47 Å². The SMILES string of the molecule is CCn1cc(C(=O)OC)c(=O)c2cc(F)c(N3CCN(C(OC)OC)CC3)cc21. The molecule has 1 aromatic heterocycles. The average molecular weight is 407 g/mol. The lowest BCUT2D eigenvalue weighted by Crippen LogP contribution is -2.51. The molecule has 0 spiro atoms. The molecule has 1 aliphatic rings. The van der Waals surface area contributed by atoms with Crippen molar-refractivity contribution in [2.45, 2.75) is 19.9 Å². The predicted molar refractivity (Wildman–Crippen MR) is 107 cm³/mol. The van der Waals surface area contributed by atoms with Gasteiger partial charge in [-0.25, -0.2) is 9.18 Å². The van der Waals surface area contributed by atoms with Crippen LogP contribution in [0.15, 0.2) is 23.1 Å². The van der Waals surface area contributed by atoms with Gasteiger partial charge < -0.3 is 23.7 Å². The molecule has 1 aromatic carbocycles. The molecule has 1 fully saturated rings. The number of fused-ring (bicyclic) bond motifs is 1. The Hall–Kier alpha value is -2.49. The number of aromatic nitrogens is 1. The van der Waals surface area contributed by atoms with Crippen LogP contribution in [0.25, 0.3) is 10.9 Å². The van der Waals surface area contributed by atoms with Crippen LogP contribution in [0.3, 0.4) is 0 Å². The Bertz CT molecular complexity index is 949. The first-order chi connectivity index (χ1) is 13.9. The zero-order valence-corrected chi connectivity index (χ0v) is 17.1. The molecule has 0 N–H and O–H groups in total. The molecule has 3 rings (SSSR count). The van der Waals surface area contributed by atoms with Gasteiger partial charge in [-0.15, -0.1) is 0 Å². The van der Waals surface area contributed by atoms with Gasteiger partial charge in [-0.2, -0.15) is 0 Å². The van der Waals surface area contributed by atoms with E-state index in [0.29, 0.717) is 43.9 Å². The minimum Gasteiger partial charge on any atom is -0.465 e. The van der Waals surface area contributed by atoms with Crippen molar-refractivity contribution in [2.75, 3.05) is 52.4 Å². The summed E-state index contributed by atoms with van der Waals surface area (Å²) in [6.45, 7) is 4.87. The van der Waals surface area contributed by atoms with Crippen molar-refractivity contribution in [3.63, 3.8) is 0 Å². The quantitative estimate of drug-likeness (QED) is 0.532. The molecule has 2 aromatic rings. The van der Waals surface area contributed by atoms with Gasteiger partial charge in [0.15, 0.2) is 0 Å². The lowest BCUT2D eigenvalue weighted by molar-refractivity contribution is -0.196. The molecule has 0 aliphatic carbocycles. The summed E-state index contributed by atoms with van der Waals surface area (Å²) in [5.74, 6) is -1.23. The second-order valence-electron chi connectivity index (χ2n) is 6.77. The van der Waals surface area contributed by atoms with E-state index in [1.54, 1.807) is 24.9 Å². The second kappa shape index (κ2) is 8.89. The van der Waals surface area contributed by atoms with Crippen LogP contribution < -0.4 is 10.3 Å². The zero-order chi connectivity index (χ0) is 21.1. The molecule has 0 bridgehead atoms. The van der Waals surface area contributed by atoms with E-state index in [0.717, 1.165) is 0 Å². The van der Waals surface area contributed by atoms with E-state index >= 15 is 0 Å². The first-order valence-corrected chi connectivity index (χ1v) is 9.44. The monoisotopic (exact) mass is 407 g/mol. The summed E-state index contributed by atoms with van der Waals surface area (Å²) < 4.78 is 32.0. The third-order valence-electron chi connectivity index (χ3n) is 5.25. The van der Waals surface area contributed by atoms with Crippen molar-refractivity contribution in [3.8, 4) is 0 Å². The van der Waals surface area contributed by atoms with Gasteiger partial charge in [-0.05, 0) is 19.1 Å².